The summed E-state index contributed by atoms with van der Waals surface area (Å²) in [7, 11) is 0. The number of allylic oxidation sites excluding steroid dienone is 1. The highest BCUT2D eigenvalue weighted by atomic mass is 35.5. The molecule has 3 aromatic carbocycles. The molecule has 144 valence electrons. The van der Waals surface area contributed by atoms with Crippen molar-refractivity contribution >= 4 is 28.8 Å². The zero-order valence-electron chi connectivity index (χ0n) is 15.8. The first-order valence-corrected chi connectivity index (χ1v) is 9.96. The normalized spacial score (nSPS) is 11.9. The second-order valence-electron chi connectivity index (χ2n) is 6.63. The number of benzene rings is 3. The SMILES string of the molecule is C/C(Cc1ccc(Cl)cc1)=C(/c1ccc(Cl)cc1)c1ccc(OCCN)cc1. The molecule has 2 N–H and O–H groups in total. The predicted molar refractivity (Wildman–Crippen MR) is 119 cm³/mol. The quantitative estimate of drug-likeness (QED) is 0.488. The van der Waals surface area contributed by atoms with Crippen LogP contribution in [0, 0.1) is 0 Å². The Morgan fingerprint density at radius 3 is 1.82 bits per heavy atom. The van der Waals surface area contributed by atoms with E-state index in [0.717, 1.165) is 33.3 Å². The molecule has 0 bridgehead atoms. The first-order valence-electron chi connectivity index (χ1n) is 9.20. The summed E-state index contributed by atoms with van der Waals surface area (Å²) in [5.74, 6) is 0.819. The minimum absolute atomic E-state index is 0.498. The molecule has 0 aliphatic heterocycles. The number of ether oxygens (including phenoxy) is 1. The predicted octanol–water partition coefficient (Wildman–Crippen LogP) is 6.40. The molecule has 0 aromatic heterocycles. The van der Waals surface area contributed by atoms with Gasteiger partial charge in [-0.15, -0.1) is 0 Å². The van der Waals surface area contributed by atoms with E-state index >= 15 is 0 Å². The molecule has 0 heterocycles. The zero-order valence-corrected chi connectivity index (χ0v) is 17.3. The summed E-state index contributed by atoms with van der Waals surface area (Å²) in [5.41, 5.74) is 11.5. The molecule has 0 amide bonds. The minimum atomic E-state index is 0.498. The first kappa shape index (κ1) is 20.5. The van der Waals surface area contributed by atoms with Crippen LogP contribution in [0.4, 0.5) is 0 Å². The highest BCUT2D eigenvalue weighted by molar-refractivity contribution is 6.30. The largest absolute Gasteiger partial charge is 0.492 e. The van der Waals surface area contributed by atoms with Gasteiger partial charge in [-0.2, -0.15) is 0 Å². The van der Waals surface area contributed by atoms with Gasteiger partial charge in [0.25, 0.3) is 0 Å². The van der Waals surface area contributed by atoms with Crippen molar-refractivity contribution in [2.24, 2.45) is 5.73 Å². The third-order valence-corrected chi connectivity index (χ3v) is 4.98. The van der Waals surface area contributed by atoms with Gasteiger partial charge in [0.2, 0.25) is 0 Å². The molecule has 3 aromatic rings. The Kier molecular flexibility index (Phi) is 7.16. The molecule has 0 aliphatic carbocycles. The van der Waals surface area contributed by atoms with E-state index in [1.54, 1.807) is 0 Å². The molecule has 0 fully saturated rings. The molecule has 0 atom stereocenters. The van der Waals surface area contributed by atoms with Gasteiger partial charge in [-0.1, -0.05) is 65.2 Å². The Hall–Kier alpha value is -2.26. The van der Waals surface area contributed by atoms with Gasteiger partial charge >= 0.3 is 0 Å². The van der Waals surface area contributed by atoms with Crippen molar-refractivity contribution < 1.29 is 4.74 Å². The fraction of sp³-hybridized carbons (Fsp3) is 0.167. The van der Waals surface area contributed by atoms with Crippen LogP contribution in [0.2, 0.25) is 10.0 Å². The third-order valence-electron chi connectivity index (χ3n) is 4.47. The summed E-state index contributed by atoms with van der Waals surface area (Å²) in [6.07, 6.45) is 0.834. The molecule has 0 unspecified atom stereocenters. The summed E-state index contributed by atoms with van der Waals surface area (Å²) >= 11 is 12.1. The van der Waals surface area contributed by atoms with E-state index in [9.17, 15) is 0 Å². The summed E-state index contributed by atoms with van der Waals surface area (Å²) in [6, 6.07) is 24.1. The smallest absolute Gasteiger partial charge is 0.119 e. The van der Waals surface area contributed by atoms with Crippen molar-refractivity contribution in [1.82, 2.24) is 0 Å². The number of rotatable bonds is 7. The van der Waals surface area contributed by atoms with Gasteiger partial charge in [-0.25, -0.2) is 0 Å². The second kappa shape index (κ2) is 9.79. The Labute approximate surface area is 176 Å². The molecular weight excluding hydrogens is 389 g/mol. The lowest BCUT2D eigenvalue weighted by atomic mass is 9.91. The van der Waals surface area contributed by atoms with Crippen molar-refractivity contribution in [3.8, 4) is 5.75 Å². The van der Waals surface area contributed by atoms with Crippen molar-refractivity contribution in [3.05, 3.63) is 105 Å². The number of hydrogen-bond donors (Lipinski definition) is 1. The fourth-order valence-corrected chi connectivity index (χ4v) is 3.42. The van der Waals surface area contributed by atoms with Crippen molar-refractivity contribution in [1.29, 1.82) is 0 Å². The Balaban J connectivity index is 1.99. The maximum atomic E-state index is 6.10. The Morgan fingerprint density at radius 1 is 0.786 bits per heavy atom. The van der Waals surface area contributed by atoms with Gasteiger partial charge < -0.3 is 10.5 Å². The molecule has 0 saturated heterocycles. The van der Waals surface area contributed by atoms with Crippen LogP contribution in [0.15, 0.2) is 78.4 Å². The van der Waals surface area contributed by atoms with Crippen LogP contribution in [0.1, 0.15) is 23.6 Å². The second-order valence-corrected chi connectivity index (χ2v) is 7.50. The maximum absolute atomic E-state index is 6.10. The monoisotopic (exact) mass is 411 g/mol. The lowest BCUT2D eigenvalue weighted by Gasteiger charge is -2.15. The standard InChI is InChI=1S/C24H23Cl2NO/c1-17(16-18-2-8-21(25)9-3-18)24(19-4-10-22(26)11-5-19)20-6-12-23(13-7-20)28-15-14-27/h2-13H,14-16,27H2,1H3/b24-17+. The van der Waals surface area contributed by atoms with Crippen molar-refractivity contribution in [2.75, 3.05) is 13.2 Å². The van der Waals surface area contributed by atoms with Crippen molar-refractivity contribution in [2.45, 2.75) is 13.3 Å². The van der Waals surface area contributed by atoms with Crippen LogP contribution in [0.25, 0.3) is 5.57 Å². The lowest BCUT2D eigenvalue weighted by molar-refractivity contribution is 0.328. The summed E-state index contributed by atoms with van der Waals surface area (Å²) < 4.78 is 5.61. The Bertz CT molecular complexity index is 930. The maximum Gasteiger partial charge on any atom is 0.119 e. The average Bonchev–Trinajstić information content (AvgIpc) is 2.71. The highest BCUT2D eigenvalue weighted by Gasteiger charge is 2.11. The van der Waals surface area contributed by atoms with E-state index in [4.69, 9.17) is 33.7 Å². The van der Waals surface area contributed by atoms with Crippen LogP contribution in [-0.2, 0) is 6.42 Å². The van der Waals surface area contributed by atoms with Crippen molar-refractivity contribution in [3.63, 3.8) is 0 Å². The van der Waals surface area contributed by atoms with Crippen LogP contribution in [0.3, 0.4) is 0 Å². The molecule has 4 heteroatoms. The van der Waals surface area contributed by atoms with Crippen LogP contribution >= 0.6 is 23.2 Å². The van der Waals surface area contributed by atoms with Gasteiger partial charge in [-0.05, 0) is 72.0 Å². The van der Waals surface area contributed by atoms with E-state index in [1.807, 2.05) is 36.4 Å². The number of halogens is 2. The van der Waals surface area contributed by atoms with Crippen LogP contribution in [-0.4, -0.2) is 13.2 Å². The topological polar surface area (TPSA) is 35.2 Å². The molecule has 3 rings (SSSR count). The number of nitrogens with two attached hydrogens (primary N) is 1. The lowest BCUT2D eigenvalue weighted by Crippen LogP contribution is -2.10. The highest BCUT2D eigenvalue weighted by Crippen LogP contribution is 2.31. The molecule has 2 nitrogen and oxygen atoms in total. The Morgan fingerprint density at radius 2 is 1.29 bits per heavy atom. The fourth-order valence-electron chi connectivity index (χ4n) is 3.17. The molecule has 0 spiro atoms. The van der Waals surface area contributed by atoms with Gasteiger partial charge in [0.15, 0.2) is 0 Å². The van der Waals surface area contributed by atoms with Gasteiger partial charge in [-0.3, -0.25) is 0 Å². The summed E-state index contributed by atoms with van der Waals surface area (Å²) in [5, 5.41) is 1.47. The van der Waals surface area contributed by atoms with Gasteiger partial charge in [0.05, 0.1) is 0 Å². The van der Waals surface area contributed by atoms with Gasteiger partial charge in [0, 0.05) is 16.6 Å². The van der Waals surface area contributed by atoms with E-state index in [-0.39, 0.29) is 0 Å². The summed E-state index contributed by atoms with van der Waals surface area (Å²) in [6.45, 7) is 3.17. The van der Waals surface area contributed by atoms with Crippen LogP contribution in [0.5, 0.6) is 5.75 Å². The number of hydrogen-bond acceptors (Lipinski definition) is 2. The molecule has 0 saturated carbocycles. The minimum Gasteiger partial charge on any atom is -0.492 e. The van der Waals surface area contributed by atoms with E-state index in [0.29, 0.717) is 13.2 Å². The van der Waals surface area contributed by atoms with E-state index in [1.165, 1.54) is 16.7 Å². The summed E-state index contributed by atoms with van der Waals surface area (Å²) in [4.78, 5) is 0. The van der Waals surface area contributed by atoms with Crippen LogP contribution < -0.4 is 10.5 Å². The molecule has 0 radical (unpaired) electrons. The third kappa shape index (κ3) is 5.39. The first-order chi connectivity index (χ1) is 13.6. The van der Waals surface area contributed by atoms with E-state index in [2.05, 4.69) is 43.3 Å². The van der Waals surface area contributed by atoms with E-state index < -0.39 is 0 Å². The molecule has 28 heavy (non-hydrogen) atoms. The van der Waals surface area contributed by atoms with Gasteiger partial charge in [0.1, 0.15) is 12.4 Å². The molecule has 0 aliphatic rings. The molecular formula is C24H23Cl2NO. The average molecular weight is 412 g/mol. The zero-order chi connectivity index (χ0) is 19.9.